The van der Waals surface area contributed by atoms with Crippen LogP contribution in [0.2, 0.25) is 0 Å². The van der Waals surface area contributed by atoms with Gasteiger partial charge >= 0.3 is 0 Å². The van der Waals surface area contributed by atoms with Gasteiger partial charge in [-0.1, -0.05) is 37.3 Å². The summed E-state index contributed by atoms with van der Waals surface area (Å²) in [6, 6.07) is 0.484. The molecule has 2 aliphatic carbocycles. The first kappa shape index (κ1) is 18.8. The van der Waals surface area contributed by atoms with Crippen LogP contribution in [0.5, 0.6) is 0 Å². The highest BCUT2D eigenvalue weighted by molar-refractivity contribution is 6.11. The molecule has 2 atom stereocenters. The minimum Gasteiger partial charge on any atom is -0.490 e. The van der Waals surface area contributed by atoms with Gasteiger partial charge < -0.3 is 14.9 Å². The zero-order valence-electron chi connectivity index (χ0n) is 15.5. The Morgan fingerprint density at radius 2 is 2.04 bits per heavy atom. The summed E-state index contributed by atoms with van der Waals surface area (Å²) >= 11 is 0. The first-order valence-corrected chi connectivity index (χ1v) is 9.28. The van der Waals surface area contributed by atoms with Crippen molar-refractivity contribution in [3.63, 3.8) is 0 Å². The third-order valence-corrected chi connectivity index (χ3v) is 5.13. The van der Waals surface area contributed by atoms with E-state index in [0.717, 1.165) is 30.0 Å². The average molecular weight is 356 g/mol. The number of hydrogen-bond donors (Lipinski definition) is 2. The summed E-state index contributed by atoms with van der Waals surface area (Å²) in [7, 11) is 2.14. The predicted molar refractivity (Wildman–Crippen MR) is 104 cm³/mol. The maximum atomic E-state index is 9.19. The maximum absolute atomic E-state index is 9.19. The Bertz CT molecular complexity index is 696. The van der Waals surface area contributed by atoms with E-state index in [1.807, 2.05) is 12.2 Å². The number of allylic oxidation sites excluding steroid dienone is 5. The average Bonchev–Trinajstić information content (AvgIpc) is 2.71. The fourth-order valence-corrected chi connectivity index (χ4v) is 3.31. The van der Waals surface area contributed by atoms with Gasteiger partial charge in [0.1, 0.15) is 6.10 Å². The molecule has 0 radical (unpaired) electrons. The van der Waals surface area contributed by atoms with Crippen molar-refractivity contribution < 1.29 is 14.9 Å². The molecule has 0 saturated carbocycles. The number of aliphatic hydroxyl groups is 2. The Hall–Kier alpha value is -1.95. The summed E-state index contributed by atoms with van der Waals surface area (Å²) in [5.74, 6) is 0.753. The zero-order chi connectivity index (χ0) is 18.5. The summed E-state index contributed by atoms with van der Waals surface area (Å²) in [4.78, 5) is 7.24. The molecule has 0 aromatic rings. The molecule has 0 bridgehead atoms. The molecule has 0 saturated heterocycles. The molecule has 2 unspecified atom stereocenters. The third-order valence-electron chi connectivity index (χ3n) is 5.13. The Morgan fingerprint density at radius 1 is 1.23 bits per heavy atom. The Morgan fingerprint density at radius 3 is 2.69 bits per heavy atom. The van der Waals surface area contributed by atoms with E-state index in [-0.39, 0.29) is 19.3 Å². The third kappa shape index (κ3) is 4.23. The first-order chi connectivity index (χ1) is 12.6. The number of rotatable bonds is 7. The quantitative estimate of drug-likeness (QED) is 0.734. The van der Waals surface area contributed by atoms with Gasteiger partial charge in [0.15, 0.2) is 0 Å². The second-order valence-electron chi connectivity index (χ2n) is 6.87. The smallest absolute Gasteiger partial charge is 0.144 e. The van der Waals surface area contributed by atoms with Crippen LogP contribution in [-0.2, 0) is 4.74 Å². The molecular weight excluding hydrogens is 328 g/mol. The molecule has 1 aliphatic heterocycles. The first-order valence-electron chi connectivity index (χ1n) is 9.28. The summed E-state index contributed by atoms with van der Waals surface area (Å²) in [5.41, 5.74) is 3.33. The second-order valence-corrected chi connectivity index (χ2v) is 6.87. The number of ether oxygens (including phenoxy) is 1. The summed E-state index contributed by atoms with van der Waals surface area (Å²) in [5, 5.41) is 18.4. The van der Waals surface area contributed by atoms with Crippen molar-refractivity contribution in [1.82, 2.24) is 4.90 Å². The standard InChI is InChI=1S/C21H28N2O3/c1-3-23(2)17-8-4-15(5-9-17)20-11-7-16-6-10-18(12-21(16)22-20)26-19(13-24)14-25/h4-8,10-11,17,19,21,24-25H,3,9,12-14H2,1-2H3. The van der Waals surface area contributed by atoms with Crippen LogP contribution >= 0.6 is 0 Å². The lowest BCUT2D eigenvalue weighted by Crippen LogP contribution is -2.30. The van der Waals surface area contributed by atoms with E-state index < -0.39 is 6.10 Å². The van der Waals surface area contributed by atoms with Gasteiger partial charge in [-0.2, -0.15) is 0 Å². The molecule has 0 amide bonds. The topological polar surface area (TPSA) is 65.3 Å². The molecule has 1 heterocycles. The summed E-state index contributed by atoms with van der Waals surface area (Å²) in [6.45, 7) is 2.80. The zero-order valence-corrected chi connectivity index (χ0v) is 15.5. The van der Waals surface area contributed by atoms with Crippen molar-refractivity contribution in [2.75, 3.05) is 26.8 Å². The van der Waals surface area contributed by atoms with Crippen LogP contribution < -0.4 is 0 Å². The van der Waals surface area contributed by atoms with E-state index in [4.69, 9.17) is 9.73 Å². The molecule has 0 aromatic heterocycles. The SMILES string of the molecule is CCN(C)C1C=CC(C2=NC3CC(OC(CO)CO)=CC=C3C=C2)=CC1. The van der Waals surface area contributed by atoms with Crippen molar-refractivity contribution >= 4 is 5.71 Å². The number of aliphatic hydroxyl groups excluding tert-OH is 2. The van der Waals surface area contributed by atoms with E-state index in [0.29, 0.717) is 12.5 Å². The monoisotopic (exact) mass is 356 g/mol. The van der Waals surface area contributed by atoms with E-state index in [9.17, 15) is 10.2 Å². The van der Waals surface area contributed by atoms with E-state index >= 15 is 0 Å². The van der Waals surface area contributed by atoms with Crippen molar-refractivity contribution in [2.45, 2.75) is 38.0 Å². The van der Waals surface area contributed by atoms with Crippen molar-refractivity contribution in [3.05, 3.63) is 59.4 Å². The second kappa shape index (κ2) is 8.62. The summed E-state index contributed by atoms with van der Waals surface area (Å²) < 4.78 is 5.66. The van der Waals surface area contributed by atoms with Crippen molar-refractivity contribution in [1.29, 1.82) is 0 Å². The number of nitrogens with zero attached hydrogens (tertiary/aromatic N) is 2. The number of fused-ring (bicyclic) bond motifs is 1. The van der Waals surface area contributed by atoms with E-state index in [1.54, 1.807) is 0 Å². The molecule has 3 aliphatic rings. The van der Waals surface area contributed by atoms with Crippen LogP contribution in [0.15, 0.2) is 64.4 Å². The number of likely N-dealkylation sites (N-methyl/N-ethyl adjacent to an activating group) is 1. The largest absolute Gasteiger partial charge is 0.490 e. The van der Waals surface area contributed by atoms with Crippen LogP contribution in [0.3, 0.4) is 0 Å². The molecule has 5 heteroatoms. The molecule has 0 spiro atoms. The van der Waals surface area contributed by atoms with Crippen LogP contribution in [0, 0.1) is 0 Å². The Balaban J connectivity index is 1.68. The lowest BCUT2D eigenvalue weighted by atomic mass is 9.91. The Labute approximate surface area is 155 Å². The number of hydrogen-bond acceptors (Lipinski definition) is 5. The van der Waals surface area contributed by atoms with Gasteiger partial charge in [0.05, 0.1) is 30.7 Å². The molecule has 26 heavy (non-hydrogen) atoms. The van der Waals surface area contributed by atoms with Crippen LogP contribution in [-0.4, -0.2) is 65.8 Å². The maximum Gasteiger partial charge on any atom is 0.144 e. The predicted octanol–water partition coefficient (Wildman–Crippen LogP) is 2.16. The van der Waals surface area contributed by atoms with Gasteiger partial charge in [0.25, 0.3) is 0 Å². The van der Waals surface area contributed by atoms with Crippen molar-refractivity contribution in [2.24, 2.45) is 4.99 Å². The summed E-state index contributed by atoms with van der Waals surface area (Å²) in [6.07, 6.45) is 15.9. The van der Waals surface area contributed by atoms with Crippen LogP contribution in [0.4, 0.5) is 0 Å². The molecule has 0 aromatic carbocycles. The molecule has 140 valence electrons. The highest BCUT2D eigenvalue weighted by Gasteiger charge is 2.24. The van der Waals surface area contributed by atoms with Gasteiger partial charge in [-0.15, -0.1) is 0 Å². The van der Waals surface area contributed by atoms with Crippen LogP contribution in [0.1, 0.15) is 19.8 Å². The highest BCUT2D eigenvalue weighted by Crippen LogP contribution is 2.29. The fraction of sp³-hybridized carbons (Fsp3) is 0.476. The molecule has 5 nitrogen and oxygen atoms in total. The molecule has 2 N–H and O–H groups in total. The lowest BCUT2D eigenvalue weighted by Gasteiger charge is -2.28. The van der Waals surface area contributed by atoms with Crippen molar-refractivity contribution in [3.8, 4) is 0 Å². The van der Waals surface area contributed by atoms with E-state index in [2.05, 4.69) is 49.3 Å². The van der Waals surface area contributed by atoms with Gasteiger partial charge in [-0.05, 0) is 43.3 Å². The highest BCUT2D eigenvalue weighted by atomic mass is 16.5. The number of dihydropyridines is 1. The minimum atomic E-state index is -0.574. The Kier molecular flexibility index (Phi) is 6.25. The molecular formula is C21H28N2O3. The van der Waals surface area contributed by atoms with Gasteiger partial charge in [0, 0.05) is 12.5 Å². The normalized spacial score (nSPS) is 24.8. The van der Waals surface area contributed by atoms with E-state index in [1.165, 1.54) is 5.57 Å². The van der Waals surface area contributed by atoms with Gasteiger partial charge in [-0.3, -0.25) is 9.89 Å². The van der Waals surface area contributed by atoms with Crippen LogP contribution in [0.25, 0.3) is 0 Å². The van der Waals surface area contributed by atoms with Gasteiger partial charge in [-0.25, -0.2) is 0 Å². The number of aliphatic imine (C=N–C) groups is 1. The molecule has 0 fully saturated rings. The minimum absolute atomic E-state index is 0.0263. The lowest BCUT2D eigenvalue weighted by molar-refractivity contribution is 0.0136. The fourth-order valence-electron chi connectivity index (χ4n) is 3.31. The van der Waals surface area contributed by atoms with Gasteiger partial charge in [0.2, 0.25) is 0 Å². The molecule has 3 rings (SSSR count).